The third-order valence-corrected chi connectivity index (χ3v) is 1.69. The predicted molar refractivity (Wildman–Crippen MR) is 38.7 cm³/mol. The molecule has 1 aromatic heterocycles. The summed E-state index contributed by atoms with van der Waals surface area (Å²) in [5.41, 5.74) is 0.363. The van der Waals surface area contributed by atoms with E-state index in [0.717, 1.165) is 0 Å². The van der Waals surface area contributed by atoms with Gasteiger partial charge in [-0.05, 0) is 31.9 Å². The van der Waals surface area contributed by atoms with Gasteiger partial charge in [-0.25, -0.2) is 4.98 Å². The molecule has 1 N–H and O–H groups in total. The SMILES string of the molecule is N#Cc1nc(Br)[nH]c1Br. The van der Waals surface area contributed by atoms with E-state index >= 15 is 0 Å². The maximum absolute atomic E-state index is 8.35. The van der Waals surface area contributed by atoms with Gasteiger partial charge in [-0.3, -0.25) is 0 Å². The molecule has 1 aromatic rings. The topological polar surface area (TPSA) is 52.5 Å². The quantitative estimate of drug-likeness (QED) is 0.764. The van der Waals surface area contributed by atoms with Crippen LogP contribution < -0.4 is 0 Å². The number of nitrogens with one attached hydrogen (secondary N) is 1. The van der Waals surface area contributed by atoms with Crippen LogP contribution in [0.1, 0.15) is 5.69 Å². The Bertz CT molecular complexity index is 259. The Morgan fingerprint density at radius 1 is 1.56 bits per heavy atom. The Morgan fingerprint density at radius 3 is 2.44 bits per heavy atom. The molecule has 0 bridgehead atoms. The van der Waals surface area contributed by atoms with Gasteiger partial charge in [0.15, 0.2) is 10.4 Å². The molecule has 1 rings (SSSR count). The fourth-order valence-electron chi connectivity index (χ4n) is 0.399. The second kappa shape index (κ2) is 2.50. The molecule has 46 valence electrons. The van der Waals surface area contributed by atoms with Crippen LogP contribution in [0, 0.1) is 11.3 Å². The van der Waals surface area contributed by atoms with Gasteiger partial charge in [0.2, 0.25) is 0 Å². The van der Waals surface area contributed by atoms with Gasteiger partial charge in [-0.15, -0.1) is 0 Å². The fourth-order valence-corrected chi connectivity index (χ4v) is 1.41. The molecule has 3 nitrogen and oxygen atoms in total. The van der Waals surface area contributed by atoms with Crippen LogP contribution in [0.25, 0.3) is 0 Å². The second-order valence-electron chi connectivity index (χ2n) is 1.30. The average Bonchev–Trinajstić information content (AvgIpc) is 2.10. The normalized spacial score (nSPS) is 9.00. The van der Waals surface area contributed by atoms with Crippen LogP contribution >= 0.6 is 31.9 Å². The van der Waals surface area contributed by atoms with Gasteiger partial charge in [0.1, 0.15) is 10.7 Å². The summed E-state index contributed by atoms with van der Waals surface area (Å²) in [5.74, 6) is 0. The van der Waals surface area contributed by atoms with Crippen LogP contribution in [0.4, 0.5) is 0 Å². The number of halogens is 2. The maximum Gasteiger partial charge on any atom is 0.176 e. The fraction of sp³-hybridized carbons (Fsp3) is 0. The number of aromatic amines is 1. The molecule has 0 amide bonds. The lowest BCUT2D eigenvalue weighted by Gasteiger charge is -1.73. The number of hydrogen-bond acceptors (Lipinski definition) is 2. The van der Waals surface area contributed by atoms with Gasteiger partial charge in [-0.2, -0.15) is 5.26 Å². The van der Waals surface area contributed by atoms with Crippen LogP contribution in [-0.2, 0) is 0 Å². The van der Waals surface area contributed by atoms with E-state index in [-0.39, 0.29) is 0 Å². The van der Waals surface area contributed by atoms with Gasteiger partial charge >= 0.3 is 0 Å². The Labute approximate surface area is 68.4 Å². The van der Waals surface area contributed by atoms with Crippen molar-refractivity contribution in [1.82, 2.24) is 9.97 Å². The Balaban J connectivity index is 3.20. The van der Waals surface area contributed by atoms with E-state index in [2.05, 4.69) is 41.8 Å². The van der Waals surface area contributed by atoms with Crippen LogP contribution in [0.15, 0.2) is 9.34 Å². The van der Waals surface area contributed by atoms with Gasteiger partial charge in [0.05, 0.1) is 0 Å². The van der Waals surface area contributed by atoms with E-state index in [1.807, 2.05) is 6.07 Å². The first-order valence-electron chi connectivity index (χ1n) is 2.05. The Morgan fingerprint density at radius 2 is 2.22 bits per heavy atom. The third kappa shape index (κ3) is 1.32. The molecule has 0 aromatic carbocycles. The van der Waals surface area contributed by atoms with E-state index in [9.17, 15) is 0 Å². The summed E-state index contributed by atoms with van der Waals surface area (Å²) in [5, 5.41) is 8.35. The first-order chi connectivity index (χ1) is 4.24. The number of nitriles is 1. The van der Waals surface area contributed by atoms with Gasteiger partial charge in [0, 0.05) is 0 Å². The molecular weight excluding hydrogens is 250 g/mol. The van der Waals surface area contributed by atoms with Crippen LogP contribution in [-0.4, -0.2) is 9.97 Å². The first-order valence-corrected chi connectivity index (χ1v) is 3.63. The van der Waals surface area contributed by atoms with Crippen LogP contribution in [0.5, 0.6) is 0 Å². The predicted octanol–water partition coefficient (Wildman–Crippen LogP) is 1.81. The molecule has 0 aliphatic carbocycles. The molecule has 0 saturated heterocycles. The van der Waals surface area contributed by atoms with E-state index in [1.165, 1.54) is 0 Å². The number of H-pyrrole nitrogens is 1. The number of hydrogen-bond donors (Lipinski definition) is 1. The molecule has 5 heteroatoms. The molecule has 0 saturated carbocycles. The molecule has 0 unspecified atom stereocenters. The van der Waals surface area contributed by atoms with Crippen molar-refractivity contribution in [2.45, 2.75) is 0 Å². The summed E-state index contributed by atoms with van der Waals surface area (Å²) in [7, 11) is 0. The molecule has 1 heterocycles. The summed E-state index contributed by atoms with van der Waals surface area (Å²) in [6, 6.07) is 1.90. The average molecular weight is 251 g/mol. The van der Waals surface area contributed by atoms with E-state index in [4.69, 9.17) is 5.26 Å². The van der Waals surface area contributed by atoms with Gasteiger partial charge in [0.25, 0.3) is 0 Å². The smallest absolute Gasteiger partial charge is 0.176 e. The lowest BCUT2D eigenvalue weighted by molar-refractivity contribution is 1.22. The van der Waals surface area contributed by atoms with Crippen LogP contribution in [0.2, 0.25) is 0 Å². The van der Waals surface area contributed by atoms with E-state index < -0.39 is 0 Å². The third-order valence-electron chi connectivity index (χ3n) is 0.737. The molecule has 0 fully saturated rings. The van der Waals surface area contributed by atoms with Crippen molar-refractivity contribution >= 4 is 31.9 Å². The summed E-state index contributed by atoms with van der Waals surface area (Å²) < 4.78 is 1.17. The van der Waals surface area contributed by atoms with Crippen molar-refractivity contribution in [3.05, 3.63) is 15.0 Å². The lowest BCUT2D eigenvalue weighted by Crippen LogP contribution is -1.70. The number of nitrogens with zero attached hydrogens (tertiary/aromatic N) is 2. The molecular formula is C4HBr2N3. The number of rotatable bonds is 0. The summed E-state index contributed by atoms with van der Waals surface area (Å²) in [6.07, 6.45) is 0. The lowest BCUT2D eigenvalue weighted by atomic mass is 10.6. The monoisotopic (exact) mass is 249 g/mol. The molecule has 0 atom stereocenters. The van der Waals surface area contributed by atoms with Gasteiger partial charge in [-0.1, -0.05) is 0 Å². The van der Waals surface area contributed by atoms with Crippen molar-refractivity contribution in [3.8, 4) is 6.07 Å². The zero-order chi connectivity index (χ0) is 6.85. The molecule has 0 radical (unpaired) electrons. The van der Waals surface area contributed by atoms with Gasteiger partial charge < -0.3 is 4.98 Å². The molecule has 0 aliphatic heterocycles. The van der Waals surface area contributed by atoms with Crippen molar-refractivity contribution in [2.75, 3.05) is 0 Å². The highest BCUT2D eigenvalue weighted by molar-refractivity contribution is 9.11. The van der Waals surface area contributed by atoms with Crippen molar-refractivity contribution in [1.29, 1.82) is 5.26 Å². The number of imidazole rings is 1. The second-order valence-corrected chi connectivity index (χ2v) is 2.85. The highest BCUT2D eigenvalue weighted by Gasteiger charge is 2.02. The largest absolute Gasteiger partial charge is 0.326 e. The molecule has 0 aliphatic rings. The first kappa shape index (κ1) is 6.78. The van der Waals surface area contributed by atoms with E-state index in [1.54, 1.807) is 0 Å². The Kier molecular flexibility index (Phi) is 1.88. The van der Waals surface area contributed by atoms with Crippen LogP contribution in [0.3, 0.4) is 0 Å². The standard InChI is InChI=1S/C4HBr2N3/c5-3-2(1-7)8-4(6)9-3/h(H,8,9). The highest BCUT2D eigenvalue weighted by atomic mass is 79.9. The minimum Gasteiger partial charge on any atom is -0.326 e. The minimum atomic E-state index is 0.363. The Hall–Kier alpha value is -0.340. The van der Waals surface area contributed by atoms with Crippen molar-refractivity contribution < 1.29 is 0 Å². The highest BCUT2D eigenvalue weighted by Crippen LogP contribution is 2.14. The zero-order valence-corrected chi connectivity index (χ0v) is 7.32. The number of aromatic nitrogens is 2. The van der Waals surface area contributed by atoms with E-state index in [0.29, 0.717) is 15.0 Å². The zero-order valence-electron chi connectivity index (χ0n) is 4.15. The minimum absolute atomic E-state index is 0.363. The van der Waals surface area contributed by atoms with Crippen molar-refractivity contribution in [3.63, 3.8) is 0 Å². The summed E-state index contributed by atoms with van der Waals surface area (Å²) in [4.78, 5) is 6.54. The summed E-state index contributed by atoms with van der Waals surface area (Å²) in [6.45, 7) is 0. The maximum atomic E-state index is 8.35. The molecule has 0 spiro atoms. The summed E-state index contributed by atoms with van der Waals surface area (Å²) >= 11 is 6.18. The molecule has 9 heavy (non-hydrogen) atoms. The van der Waals surface area contributed by atoms with Crippen molar-refractivity contribution in [2.24, 2.45) is 0 Å².